The fourth-order valence-corrected chi connectivity index (χ4v) is 9.41. The highest BCUT2D eigenvalue weighted by atomic mass is 31.2. The largest absolute Gasteiger partial charge is 0.463 e. The average Bonchev–Trinajstić information content (AvgIpc) is 3.01. The third kappa shape index (κ3) is 10.0. The monoisotopic (exact) mass is 606 g/mol. The number of nitrogens with one attached hydrogen (secondary N) is 1. The number of carbonyl (C=O) groups excluding carboxylic acids is 4. The van der Waals surface area contributed by atoms with Gasteiger partial charge in [-0.05, 0) is 55.7 Å². The van der Waals surface area contributed by atoms with Crippen molar-refractivity contribution in [3.05, 3.63) is 91.0 Å². The van der Waals surface area contributed by atoms with E-state index in [1.165, 1.54) is 36.7 Å². The van der Waals surface area contributed by atoms with Gasteiger partial charge in [0, 0.05) is 27.2 Å². The minimum Gasteiger partial charge on any atom is -0.463 e. The molecule has 0 aliphatic rings. The summed E-state index contributed by atoms with van der Waals surface area (Å²) in [5, 5.41) is 6.77. The zero-order valence-corrected chi connectivity index (χ0v) is 26.0. The number of benzene rings is 3. The van der Waals surface area contributed by atoms with Gasteiger partial charge in [0.1, 0.15) is 48.5 Å². The standard InChI is InChI=1S/C34H40NO7P/c1-27(36)40-24-34(25-41-28(2)37,26-42-29(3)38)35-33(39)22-14-7-15-23-43(30-16-8-4-9-17-30,31-18-10-5-11-19-31)32-20-12-6-13-21-32/h4-6,8-13,16-21H,7,14-15,22-26H2,1-3H3/p+1. The third-order valence-electron chi connectivity index (χ3n) is 7.05. The number of esters is 3. The van der Waals surface area contributed by atoms with Crippen molar-refractivity contribution in [2.75, 3.05) is 26.0 Å². The lowest BCUT2D eigenvalue weighted by Crippen LogP contribution is -2.59. The predicted octanol–water partition coefficient (Wildman–Crippen LogP) is 4.09. The van der Waals surface area contributed by atoms with Crippen molar-refractivity contribution in [2.45, 2.75) is 52.0 Å². The number of hydrogen-bond donors (Lipinski definition) is 1. The summed E-state index contributed by atoms with van der Waals surface area (Å²) in [5.74, 6) is -2.05. The Balaban J connectivity index is 1.73. The Hall–Kier alpha value is -4.03. The maximum atomic E-state index is 13.1. The van der Waals surface area contributed by atoms with Crippen molar-refractivity contribution < 1.29 is 33.4 Å². The minimum absolute atomic E-state index is 0.204. The van der Waals surface area contributed by atoms with E-state index in [2.05, 4.69) is 78.1 Å². The second-order valence-electron chi connectivity index (χ2n) is 10.5. The zero-order chi connectivity index (χ0) is 31.1. The molecule has 1 N–H and O–H groups in total. The van der Waals surface area contributed by atoms with E-state index in [0.29, 0.717) is 6.42 Å². The van der Waals surface area contributed by atoms with Gasteiger partial charge >= 0.3 is 17.9 Å². The second kappa shape index (κ2) is 16.6. The van der Waals surface area contributed by atoms with Crippen LogP contribution in [0.25, 0.3) is 0 Å². The predicted molar refractivity (Wildman–Crippen MR) is 169 cm³/mol. The molecular weight excluding hydrogens is 565 g/mol. The number of ether oxygens (including phenoxy) is 3. The molecule has 0 aliphatic carbocycles. The van der Waals surface area contributed by atoms with E-state index < -0.39 is 30.7 Å². The smallest absolute Gasteiger partial charge is 0.302 e. The van der Waals surface area contributed by atoms with E-state index in [1.54, 1.807) is 0 Å². The molecule has 0 unspecified atom stereocenters. The van der Waals surface area contributed by atoms with Gasteiger partial charge in [-0.25, -0.2) is 0 Å². The van der Waals surface area contributed by atoms with E-state index in [-0.39, 0.29) is 32.1 Å². The number of rotatable bonds is 16. The molecule has 9 heteroatoms. The normalized spacial score (nSPS) is 11.3. The highest BCUT2D eigenvalue weighted by molar-refractivity contribution is 7.95. The molecule has 0 bridgehead atoms. The summed E-state index contributed by atoms with van der Waals surface area (Å²) in [5.41, 5.74) is -1.39. The number of hydrogen-bond acceptors (Lipinski definition) is 7. The molecule has 1 amide bonds. The molecule has 0 aromatic heterocycles. The van der Waals surface area contributed by atoms with Crippen LogP contribution in [0.5, 0.6) is 0 Å². The van der Waals surface area contributed by atoms with Gasteiger partial charge in [0.05, 0.1) is 6.16 Å². The lowest BCUT2D eigenvalue weighted by molar-refractivity contribution is -0.156. The van der Waals surface area contributed by atoms with Crippen LogP contribution in [0.2, 0.25) is 0 Å². The molecule has 0 saturated carbocycles. The van der Waals surface area contributed by atoms with Crippen LogP contribution >= 0.6 is 7.26 Å². The van der Waals surface area contributed by atoms with Crippen LogP contribution in [0.3, 0.4) is 0 Å². The topological polar surface area (TPSA) is 108 Å². The van der Waals surface area contributed by atoms with Gasteiger partial charge in [-0.15, -0.1) is 0 Å². The van der Waals surface area contributed by atoms with Gasteiger partial charge in [-0.2, -0.15) is 0 Å². The summed E-state index contributed by atoms with van der Waals surface area (Å²) in [6.07, 6.45) is 3.48. The summed E-state index contributed by atoms with van der Waals surface area (Å²) in [4.78, 5) is 47.7. The maximum absolute atomic E-state index is 13.1. The van der Waals surface area contributed by atoms with Crippen molar-refractivity contribution >= 4 is 47.0 Å². The van der Waals surface area contributed by atoms with Gasteiger partial charge in [0.25, 0.3) is 0 Å². The SMILES string of the molecule is CC(=O)OCC(COC(C)=O)(COC(C)=O)NC(=O)CCCCC[P+](c1ccccc1)(c1ccccc1)c1ccccc1. The Morgan fingerprint density at radius 1 is 0.581 bits per heavy atom. The average molecular weight is 607 g/mol. The molecular formula is C34H41NO7P+. The van der Waals surface area contributed by atoms with Crippen molar-refractivity contribution in [1.29, 1.82) is 0 Å². The van der Waals surface area contributed by atoms with E-state index in [9.17, 15) is 19.2 Å². The first-order valence-electron chi connectivity index (χ1n) is 14.4. The molecule has 3 aromatic rings. The van der Waals surface area contributed by atoms with Crippen LogP contribution in [0.4, 0.5) is 0 Å². The van der Waals surface area contributed by atoms with E-state index in [0.717, 1.165) is 19.0 Å². The molecule has 0 saturated heterocycles. The molecule has 0 spiro atoms. The first kappa shape index (κ1) is 33.5. The maximum Gasteiger partial charge on any atom is 0.302 e. The Bertz CT molecular complexity index is 1190. The molecule has 0 aliphatic heterocycles. The molecule has 0 radical (unpaired) electrons. The molecule has 43 heavy (non-hydrogen) atoms. The molecule has 3 aromatic carbocycles. The lowest BCUT2D eigenvalue weighted by atomic mass is 10.0. The molecule has 228 valence electrons. The Morgan fingerprint density at radius 3 is 1.30 bits per heavy atom. The van der Waals surface area contributed by atoms with Crippen LogP contribution in [0.15, 0.2) is 91.0 Å². The minimum atomic E-state index is -1.95. The molecule has 8 nitrogen and oxygen atoms in total. The lowest BCUT2D eigenvalue weighted by Gasteiger charge is -2.32. The van der Waals surface area contributed by atoms with E-state index >= 15 is 0 Å². The summed E-state index contributed by atoms with van der Waals surface area (Å²) >= 11 is 0. The van der Waals surface area contributed by atoms with Crippen molar-refractivity contribution in [3.8, 4) is 0 Å². The first-order valence-corrected chi connectivity index (χ1v) is 16.4. The summed E-state index contributed by atoms with van der Waals surface area (Å²) in [7, 11) is -1.95. The van der Waals surface area contributed by atoms with Crippen LogP contribution in [-0.4, -0.2) is 55.3 Å². The van der Waals surface area contributed by atoms with Crippen molar-refractivity contribution in [1.82, 2.24) is 5.32 Å². The molecule has 0 heterocycles. The number of carbonyl (C=O) groups is 4. The zero-order valence-electron chi connectivity index (χ0n) is 25.1. The molecule has 0 atom stereocenters. The second-order valence-corrected chi connectivity index (χ2v) is 14.1. The quantitative estimate of drug-likeness (QED) is 0.113. The first-order chi connectivity index (χ1) is 20.7. The van der Waals surface area contributed by atoms with Crippen molar-refractivity contribution in [2.24, 2.45) is 0 Å². The number of amides is 1. The summed E-state index contributed by atoms with van der Waals surface area (Å²) < 4.78 is 15.4. The Morgan fingerprint density at radius 2 is 0.953 bits per heavy atom. The Kier molecular flexibility index (Phi) is 12.9. The van der Waals surface area contributed by atoms with Gasteiger partial charge in [-0.3, -0.25) is 19.2 Å². The molecule has 0 fully saturated rings. The highest BCUT2D eigenvalue weighted by Crippen LogP contribution is 2.56. The fraction of sp³-hybridized carbons (Fsp3) is 0.353. The number of unbranched alkanes of at least 4 members (excludes halogenated alkanes) is 2. The highest BCUT2D eigenvalue weighted by Gasteiger charge is 2.44. The van der Waals surface area contributed by atoms with Gasteiger partial charge in [0.15, 0.2) is 0 Å². The van der Waals surface area contributed by atoms with Crippen LogP contribution in [0.1, 0.15) is 46.5 Å². The van der Waals surface area contributed by atoms with Crippen LogP contribution in [0, 0.1) is 0 Å². The van der Waals surface area contributed by atoms with E-state index in [4.69, 9.17) is 14.2 Å². The fourth-order valence-electron chi connectivity index (χ4n) is 5.00. The Labute approximate surface area is 254 Å². The van der Waals surface area contributed by atoms with E-state index in [1.807, 2.05) is 18.2 Å². The van der Waals surface area contributed by atoms with Crippen LogP contribution < -0.4 is 21.2 Å². The van der Waals surface area contributed by atoms with Crippen molar-refractivity contribution in [3.63, 3.8) is 0 Å². The summed E-state index contributed by atoms with van der Waals surface area (Å²) in [6.45, 7) is 2.75. The van der Waals surface area contributed by atoms with Gasteiger partial charge < -0.3 is 19.5 Å². The van der Waals surface area contributed by atoms with Gasteiger partial charge in [0.2, 0.25) is 5.91 Å². The summed E-state index contributed by atoms with van der Waals surface area (Å²) in [6, 6.07) is 32.0. The van der Waals surface area contributed by atoms with Crippen LogP contribution in [-0.2, 0) is 33.4 Å². The van der Waals surface area contributed by atoms with Gasteiger partial charge in [-0.1, -0.05) is 54.6 Å². The molecule has 3 rings (SSSR count). The third-order valence-corrected chi connectivity index (χ3v) is 11.6.